The van der Waals surface area contributed by atoms with E-state index in [-0.39, 0.29) is 0 Å². The van der Waals surface area contributed by atoms with Crippen molar-refractivity contribution in [3.05, 3.63) is 11.6 Å². The van der Waals surface area contributed by atoms with Gasteiger partial charge in [-0.2, -0.15) is 0 Å². The lowest BCUT2D eigenvalue weighted by molar-refractivity contribution is -0.133. The number of aromatic nitrogens is 3. The molecule has 1 aromatic rings. The van der Waals surface area contributed by atoms with Crippen LogP contribution in [0.25, 0.3) is 0 Å². The lowest BCUT2D eigenvalue weighted by Crippen LogP contribution is -2.40. The van der Waals surface area contributed by atoms with E-state index in [1.54, 1.807) is 0 Å². The Bertz CT molecular complexity index is 614. The number of carbonyl (C=O) groups is 1. The molecular weight excluding hydrogens is 326 g/mol. The summed E-state index contributed by atoms with van der Waals surface area (Å²) in [6, 6.07) is 0. The fraction of sp³-hybridized carbons (Fsp3) is 0.850. The van der Waals surface area contributed by atoms with Gasteiger partial charge in [0, 0.05) is 38.5 Å². The molecule has 0 aromatic carbocycles. The van der Waals surface area contributed by atoms with E-state index in [0.29, 0.717) is 17.7 Å². The SMILES string of the molecule is CC(CC(=O)N1CCC(c2nnc3n2CCNC3)CC1)C1CCCCC1. The van der Waals surface area contributed by atoms with Crippen LogP contribution in [0.2, 0.25) is 0 Å². The van der Waals surface area contributed by atoms with Crippen LogP contribution >= 0.6 is 0 Å². The van der Waals surface area contributed by atoms with Crippen LogP contribution < -0.4 is 5.32 Å². The van der Waals surface area contributed by atoms with Gasteiger partial charge in [-0.15, -0.1) is 10.2 Å². The Labute approximate surface area is 156 Å². The maximum atomic E-state index is 12.8. The molecule has 2 fully saturated rings. The van der Waals surface area contributed by atoms with Crippen LogP contribution in [0.4, 0.5) is 0 Å². The number of piperidine rings is 1. The van der Waals surface area contributed by atoms with Crippen molar-refractivity contribution in [1.82, 2.24) is 25.0 Å². The predicted octanol–water partition coefficient (Wildman–Crippen LogP) is 2.69. The molecule has 1 saturated heterocycles. The average Bonchev–Trinajstić information content (AvgIpc) is 3.13. The molecular formula is C20H33N5O. The monoisotopic (exact) mass is 359 g/mol. The summed E-state index contributed by atoms with van der Waals surface area (Å²) in [4.78, 5) is 14.9. The highest BCUT2D eigenvalue weighted by Crippen LogP contribution is 2.33. The van der Waals surface area contributed by atoms with Gasteiger partial charge in [0.1, 0.15) is 11.6 Å². The predicted molar refractivity (Wildman–Crippen MR) is 101 cm³/mol. The van der Waals surface area contributed by atoms with Crippen molar-refractivity contribution in [2.75, 3.05) is 19.6 Å². The third kappa shape index (κ3) is 3.80. The van der Waals surface area contributed by atoms with Crippen LogP contribution in [-0.2, 0) is 17.9 Å². The minimum absolute atomic E-state index is 0.369. The topological polar surface area (TPSA) is 63.1 Å². The molecule has 1 atom stereocenters. The third-order valence-electron chi connectivity index (χ3n) is 6.82. The highest BCUT2D eigenvalue weighted by atomic mass is 16.2. The first-order valence-corrected chi connectivity index (χ1v) is 10.6. The Balaban J connectivity index is 1.29. The minimum Gasteiger partial charge on any atom is -0.343 e. The number of fused-ring (bicyclic) bond motifs is 1. The molecule has 0 radical (unpaired) electrons. The fourth-order valence-corrected chi connectivity index (χ4v) is 5.08. The largest absolute Gasteiger partial charge is 0.343 e. The third-order valence-corrected chi connectivity index (χ3v) is 6.82. The second kappa shape index (κ2) is 8.07. The molecule has 3 heterocycles. The maximum Gasteiger partial charge on any atom is 0.222 e. The molecule has 0 spiro atoms. The summed E-state index contributed by atoms with van der Waals surface area (Å²) in [5.41, 5.74) is 0. The van der Waals surface area contributed by atoms with Crippen molar-refractivity contribution in [2.45, 2.75) is 77.3 Å². The molecule has 144 valence electrons. The fourth-order valence-electron chi connectivity index (χ4n) is 5.08. The molecule has 2 aliphatic heterocycles. The maximum absolute atomic E-state index is 12.8. The highest BCUT2D eigenvalue weighted by Gasteiger charge is 2.30. The van der Waals surface area contributed by atoms with Crippen LogP contribution in [0.3, 0.4) is 0 Å². The zero-order valence-electron chi connectivity index (χ0n) is 16.1. The molecule has 26 heavy (non-hydrogen) atoms. The first-order chi connectivity index (χ1) is 12.7. The molecule has 4 rings (SSSR count). The molecule has 1 saturated carbocycles. The first kappa shape index (κ1) is 18.0. The van der Waals surface area contributed by atoms with Gasteiger partial charge in [-0.1, -0.05) is 39.0 Å². The first-order valence-electron chi connectivity index (χ1n) is 10.6. The molecule has 3 aliphatic rings. The second-order valence-electron chi connectivity index (χ2n) is 8.54. The molecule has 1 unspecified atom stereocenters. The van der Waals surface area contributed by atoms with Crippen molar-refractivity contribution in [2.24, 2.45) is 11.8 Å². The van der Waals surface area contributed by atoms with Crippen LogP contribution in [0.15, 0.2) is 0 Å². The molecule has 0 bridgehead atoms. The van der Waals surface area contributed by atoms with Crippen molar-refractivity contribution >= 4 is 5.91 Å². The van der Waals surface area contributed by atoms with E-state index in [9.17, 15) is 4.79 Å². The summed E-state index contributed by atoms with van der Waals surface area (Å²) in [5.74, 6) is 4.33. The second-order valence-corrected chi connectivity index (χ2v) is 8.54. The van der Waals surface area contributed by atoms with Gasteiger partial charge in [-0.25, -0.2) is 0 Å². The van der Waals surface area contributed by atoms with Crippen molar-refractivity contribution in [3.63, 3.8) is 0 Å². The highest BCUT2D eigenvalue weighted by molar-refractivity contribution is 5.76. The number of hydrogen-bond donors (Lipinski definition) is 1. The van der Waals surface area contributed by atoms with Crippen molar-refractivity contribution in [3.8, 4) is 0 Å². The van der Waals surface area contributed by atoms with E-state index in [1.807, 2.05) is 0 Å². The summed E-state index contributed by atoms with van der Waals surface area (Å²) < 4.78 is 2.30. The van der Waals surface area contributed by atoms with Crippen LogP contribution in [0.5, 0.6) is 0 Å². The van der Waals surface area contributed by atoms with E-state index in [4.69, 9.17) is 0 Å². The van der Waals surface area contributed by atoms with Gasteiger partial charge in [0.2, 0.25) is 5.91 Å². The lowest BCUT2D eigenvalue weighted by Gasteiger charge is -2.34. The molecule has 6 nitrogen and oxygen atoms in total. The molecule has 6 heteroatoms. The summed E-state index contributed by atoms with van der Waals surface area (Å²) >= 11 is 0. The Morgan fingerprint density at radius 1 is 1.12 bits per heavy atom. The van der Waals surface area contributed by atoms with Gasteiger partial charge >= 0.3 is 0 Å². The Morgan fingerprint density at radius 3 is 2.65 bits per heavy atom. The zero-order valence-corrected chi connectivity index (χ0v) is 16.1. The van der Waals surface area contributed by atoms with Gasteiger partial charge in [0.15, 0.2) is 0 Å². The minimum atomic E-state index is 0.369. The molecule has 1 N–H and O–H groups in total. The van der Waals surface area contributed by atoms with E-state index < -0.39 is 0 Å². The Kier molecular flexibility index (Phi) is 5.57. The van der Waals surface area contributed by atoms with E-state index in [2.05, 4.69) is 31.9 Å². The van der Waals surface area contributed by atoms with Gasteiger partial charge in [-0.3, -0.25) is 4.79 Å². The number of hydrogen-bond acceptors (Lipinski definition) is 4. The standard InChI is InChI=1S/C20H33N5O/c1-15(16-5-3-2-4-6-16)13-19(26)24-10-7-17(8-11-24)20-23-22-18-14-21-9-12-25(18)20/h15-17,21H,2-14H2,1H3. The molecule has 1 amide bonds. The van der Waals surface area contributed by atoms with Gasteiger partial charge in [0.05, 0.1) is 6.54 Å². The van der Waals surface area contributed by atoms with Crippen LogP contribution in [0, 0.1) is 11.8 Å². The average molecular weight is 360 g/mol. The number of likely N-dealkylation sites (tertiary alicyclic amines) is 1. The van der Waals surface area contributed by atoms with Crippen LogP contribution in [0.1, 0.15) is 75.9 Å². The quantitative estimate of drug-likeness (QED) is 0.898. The zero-order chi connectivity index (χ0) is 17.9. The number of nitrogens with zero attached hydrogens (tertiary/aromatic N) is 4. The number of amides is 1. The number of nitrogens with one attached hydrogen (secondary N) is 1. The Morgan fingerprint density at radius 2 is 1.88 bits per heavy atom. The normalized spacial score (nSPS) is 23.7. The number of carbonyl (C=O) groups excluding carboxylic acids is 1. The van der Waals surface area contributed by atoms with Gasteiger partial charge < -0.3 is 14.8 Å². The smallest absolute Gasteiger partial charge is 0.222 e. The number of rotatable bonds is 4. The Hall–Kier alpha value is -1.43. The molecule has 1 aromatic heterocycles. The van der Waals surface area contributed by atoms with E-state index in [0.717, 1.165) is 69.6 Å². The summed E-state index contributed by atoms with van der Waals surface area (Å²) in [5, 5.41) is 12.2. The van der Waals surface area contributed by atoms with Gasteiger partial charge in [-0.05, 0) is 24.7 Å². The van der Waals surface area contributed by atoms with E-state index >= 15 is 0 Å². The summed E-state index contributed by atoms with van der Waals surface area (Å²) in [7, 11) is 0. The van der Waals surface area contributed by atoms with Crippen molar-refractivity contribution in [1.29, 1.82) is 0 Å². The summed E-state index contributed by atoms with van der Waals surface area (Å²) in [6.45, 7) is 6.83. The lowest BCUT2D eigenvalue weighted by atomic mass is 9.79. The van der Waals surface area contributed by atoms with E-state index in [1.165, 1.54) is 32.1 Å². The van der Waals surface area contributed by atoms with Crippen LogP contribution in [-0.4, -0.2) is 45.2 Å². The summed E-state index contributed by atoms with van der Waals surface area (Å²) in [6.07, 6.45) is 9.52. The van der Waals surface area contributed by atoms with Crippen molar-refractivity contribution < 1.29 is 4.79 Å². The van der Waals surface area contributed by atoms with Gasteiger partial charge in [0.25, 0.3) is 0 Å². The molecule has 1 aliphatic carbocycles.